The summed E-state index contributed by atoms with van der Waals surface area (Å²) in [6.45, 7) is 10.4. The maximum absolute atomic E-state index is 12.0. The van der Waals surface area contributed by atoms with E-state index in [2.05, 4.69) is 36.7 Å². The van der Waals surface area contributed by atoms with E-state index in [-0.39, 0.29) is 5.54 Å². The van der Waals surface area contributed by atoms with E-state index >= 15 is 0 Å². The number of aromatic nitrogens is 1. The van der Waals surface area contributed by atoms with Gasteiger partial charge < -0.3 is 19.7 Å². The number of carboxylic acids is 1. The molecule has 1 aromatic heterocycles. The Kier molecular flexibility index (Phi) is 5.17. The molecule has 2 N–H and O–H groups in total. The molecule has 1 unspecified atom stereocenters. The van der Waals surface area contributed by atoms with Gasteiger partial charge in [-0.3, -0.25) is 0 Å². The number of allylic oxidation sites excluding steroid dienone is 1. The lowest BCUT2D eigenvalue weighted by Gasteiger charge is -2.44. The number of nitrogens with zero attached hydrogens (tertiary/aromatic N) is 1. The van der Waals surface area contributed by atoms with E-state index in [0.29, 0.717) is 29.5 Å². The molecule has 2 atom stereocenters. The topological polar surface area (TPSA) is 63.5 Å². The number of hydrogen-bond acceptors (Lipinski definition) is 3. The van der Waals surface area contributed by atoms with Crippen molar-refractivity contribution in [3.8, 4) is 0 Å². The zero-order valence-corrected chi connectivity index (χ0v) is 17.6. The van der Waals surface area contributed by atoms with E-state index in [1.807, 2.05) is 13.0 Å². The van der Waals surface area contributed by atoms with Crippen LogP contribution in [-0.2, 0) is 4.74 Å². The predicted molar refractivity (Wildman–Crippen MR) is 111 cm³/mol. The van der Waals surface area contributed by atoms with Gasteiger partial charge in [0.15, 0.2) is 0 Å². The Morgan fingerprint density at radius 1 is 1.32 bits per heavy atom. The first kappa shape index (κ1) is 19.7. The van der Waals surface area contributed by atoms with E-state index in [0.717, 1.165) is 30.9 Å². The molecule has 2 aliphatic carbocycles. The molecule has 1 aliphatic heterocycles. The molecule has 0 amide bonds. The van der Waals surface area contributed by atoms with Crippen molar-refractivity contribution in [1.82, 2.24) is 9.88 Å². The van der Waals surface area contributed by atoms with Crippen LogP contribution in [0.5, 0.6) is 0 Å². The molecule has 4 rings (SSSR count). The van der Waals surface area contributed by atoms with Gasteiger partial charge in [0, 0.05) is 35.0 Å². The standard InChI is InChI=1S/C23H34N2O3/c1-14-6-5-7-19-20(22(26)27)16(3)25(21(14)19)15(2)17-8-10-18(11-9-17)24-23(4)12-28-13-23/h5,7,14-15,17-18,24H,6,8-13H2,1-4H3,(H,26,27)/t14?,15-,17?,18?/m1/s1. The van der Waals surface area contributed by atoms with Gasteiger partial charge in [-0.05, 0) is 58.8 Å². The molecule has 0 aromatic carbocycles. The molecule has 1 aromatic rings. The second kappa shape index (κ2) is 7.34. The molecule has 0 bridgehead atoms. The number of hydrogen-bond donors (Lipinski definition) is 2. The van der Waals surface area contributed by atoms with Crippen LogP contribution in [0.3, 0.4) is 0 Å². The Balaban J connectivity index is 1.53. The smallest absolute Gasteiger partial charge is 0.338 e. The maximum atomic E-state index is 12.0. The molecule has 5 heteroatoms. The van der Waals surface area contributed by atoms with E-state index in [1.165, 1.54) is 31.4 Å². The molecule has 154 valence electrons. The van der Waals surface area contributed by atoms with E-state index in [9.17, 15) is 9.90 Å². The highest BCUT2D eigenvalue weighted by atomic mass is 16.5. The maximum Gasteiger partial charge on any atom is 0.338 e. The summed E-state index contributed by atoms with van der Waals surface area (Å²) in [4.78, 5) is 12.0. The van der Waals surface area contributed by atoms with Crippen LogP contribution in [0.2, 0.25) is 0 Å². The molecular weight excluding hydrogens is 352 g/mol. The minimum absolute atomic E-state index is 0.164. The molecule has 3 aliphatic rings. The van der Waals surface area contributed by atoms with Crippen molar-refractivity contribution in [2.24, 2.45) is 5.92 Å². The first-order valence-corrected chi connectivity index (χ1v) is 10.8. The van der Waals surface area contributed by atoms with Crippen LogP contribution in [0.25, 0.3) is 6.08 Å². The van der Waals surface area contributed by atoms with Gasteiger partial charge >= 0.3 is 5.97 Å². The molecule has 1 saturated heterocycles. The average molecular weight is 387 g/mol. The summed E-state index contributed by atoms with van der Waals surface area (Å²) in [5.41, 5.74) is 3.74. The molecule has 0 radical (unpaired) electrons. The van der Waals surface area contributed by atoms with E-state index in [4.69, 9.17) is 4.74 Å². The predicted octanol–water partition coefficient (Wildman–Crippen LogP) is 4.51. The third-order valence-corrected chi connectivity index (χ3v) is 7.24. The van der Waals surface area contributed by atoms with Gasteiger partial charge in [-0.15, -0.1) is 0 Å². The summed E-state index contributed by atoms with van der Waals surface area (Å²) in [5.74, 6) is 0.159. The van der Waals surface area contributed by atoms with Crippen molar-refractivity contribution < 1.29 is 14.6 Å². The monoisotopic (exact) mass is 386 g/mol. The number of nitrogens with one attached hydrogen (secondary N) is 1. The second-order valence-electron chi connectivity index (χ2n) is 9.52. The minimum atomic E-state index is -0.803. The van der Waals surface area contributed by atoms with E-state index in [1.54, 1.807) is 0 Å². The Bertz CT molecular complexity index is 782. The second-order valence-corrected chi connectivity index (χ2v) is 9.52. The summed E-state index contributed by atoms with van der Waals surface area (Å²) in [6.07, 6.45) is 9.89. The lowest BCUT2D eigenvalue weighted by molar-refractivity contribution is -0.0719. The van der Waals surface area contributed by atoms with Crippen molar-refractivity contribution in [1.29, 1.82) is 0 Å². The van der Waals surface area contributed by atoms with Crippen LogP contribution >= 0.6 is 0 Å². The number of fused-ring (bicyclic) bond motifs is 1. The highest BCUT2D eigenvalue weighted by molar-refractivity contribution is 5.95. The van der Waals surface area contributed by atoms with Gasteiger partial charge in [0.05, 0.1) is 24.3 Å². The summed E-state index contributed by atoms with van der Waals surface area (Å²) < 4.78 is 7.74. The van der Waals surface area contributed by atoms with Crippen molar-refractivity contribution in [2.75, 3.05) is 13.2 Å². The quantitative estimate of drug-likeness (QED) is 0.781. The number of ether oxygens (including phenoxy) is 1. The third kappa shape index (κ3) is 3.33. The summed E-state index contributed by atoms with van der Waals surface area (Å²) in [5, 5.41) is 13.6. The van der Waals surface area contributed by atoms with E-state index < -0.39 is 5.97 Å². The fourth-order valence-corrected chi connectivity index (χ4v) is 5.66. The average Bonchev–Trinajstić information content (AvgIpc) is 2.94. The van der Waals surface area contributed by atoms with Gasteiger partial charge in [0.1, 0.15) is 0 Å². The van der Waals surface area contributed by atoms with Crippen LogP contribution in [0.1, 0.15) is 92.1 Å². The Hall–Kier alpha value is -1.59. The third-order valence-electron chi connectivity index (χ3n) is 7.24. The molecule has 5 nitrogen and oxygen atoms in total. The normalized spacial score (nSPS) is 29.8. The minimum Gasteiger partial charge on any atom is -0.478 e. The van der Waals surface area contributed by atoms with Crippen LogP contribution in [0.4, 0.5) is 0 Å². The molecule has 0 spiro atoms. The Morgan fingerprint density at radius 3 is 2.57 bits per heavy atom. The highest BCUT2D eigenvalue weighted by Crippen LogP contribution is 2.42. The first-order valence-electron chi connectivity index (χ1n) is 10.8. The first-order chi connectivity index (χ1) is 13.3. The van der Waals surface area contributed by atoms with Crippen LogP contribution < -0.4 is 5.32 Å². The van der Waals surface area contributed by atoms with Gasteiger partial charge in [-0.25, -0.2) is 4.79 Å². The van der Waals surface area contributed by atoms with Crippen molar-refractivity contribution in [3.63, 3.8) is 0 Å². The number of carbonyl (C=O) groups is 1. The molecule has 2 heterocycles. The largest absolute Gasteiger partial charge is 0.478 e. The highest BCUT2D eigenvalue weighted by Gasteiger charge is 2.38. The lowest BCUT2D eigenvalue weighted by atomic mass is 9.80. The van der Waals surface area contributed by atoms with Gasteiger partial charge in [-0.1, -0.05) is 19.1 Å². The number of aromatic carboxylic acids is 1. The fourth-order valence-electron chi connectivity index (χ4n) is 5.66. The van der Waals surface area contributed by atoms with Gasteiger partial charge in [0.25, 0.3) is 0 Å². The molecular formula is C23H34N2O3. The summed E-state index contributed by atoms with van der Waals surface area (Å²) in [7, 11) is 0. The molecule has 1 saturated carbocycles. The lowest BCUT2D eigenvalue weighted by Crippen LogP contribution is -2.61. The molecule has 28 heavy (non-hydrogen) atoms. The SMILES string of the molecule is Cc1c(C(=O)O)c2c(n1[C@H](C)C1CCC(NC3(C)COC3)CC1)C(C)CC=C2. The van der Waals surface area contributed by atoms with Crippen LogP contribution in [0.15, 0.2) is 6.08 Å². The van der Waals surface area contributed by atoms with Gasteiger partial charge in [-0.2, -0.15) is 0 Å². The summed E-state index contributed by atoms with van der Waals surface area (Å²) in [6, 6.07) is 0.910. The van der Waals surface area contributed by atoms with Crippen molar-refractivity contribution >= 4 is 12.0 Å². The number of rotatable bonds is 5. The van der Waals surface area contributed by atoms with Crippen molar-refractivity contribution in [3.05, 3.63) is 28.6 Å². The molecule has 2 fully saturated rings. The fraction of sp³-hybridized carbons (Fsp3) is 0.696. The Morgan fingerprint density at radius 2 is 2.00 bits per heavy atom. The Labute approximate surface area is 168 Å². The zero-order chi connectivity index (χ0) is 20.1. The van der Waals surface area contributed by atoms with Crippen LogP contribution in [-0.4, -0.2) is 40.4 Å². The zero-order valence-electron chi connectivity index (χ0n) is 17.6. The van der Waals surface area contributed by atoms with Crippen LogP contribution in [0, 0.1) is 12.8 Å². The summed E-state index contributed by atoms with van der Waals surface area (Å²) >= 11 is 0. The number of carboxylic acid groups (broad SMARTS) is 1. The van der Waals surface area contributed by atoms with Crippen molar-refractivity contribution in [2.45, 2.75) is 83.3 Å². The van der Waals surface area contributed by atoms with Gasteiger partial charge in [0.2, 0.25) is 0 Å².